The summed E-state index contributed by atoms with van der Waals surface area (Å²) in [5, 5.41) is 11.2. The number of ether oxygens (including phenoxy) is 2. The fraction of sp³-hybridized carbons (Fsp3) is 0.188. The van der Waals surface area contributed by atoms with E-state index in [9.17, 15) is 12.8 Å². The topological polar surface area (TPSA) is 108 Å². The van der Waals surface area contributed by atoms with E-state index in [1.165, 1.54) is 41.1 Å². The summed E-state index contributed by atoms with van der Waals surface area (Å²) in [5.41, 5.74) is 0.509. The Balaban J connectivity index is 1.53. The van der Waals surface area contributed by atoms with Crippen molar-refractivity contribution in [2.45, 2.75) is 11.4 Å². The minimum absolute atomic E-state index is 0.0348. The Labute approximate surface area is 153 Å². The second-order valence-electron chi connectivity index (χ2n) is 5.61. The predicted molar refractivity (Wildman–Crippen MR) is 90.6 cm³/mol. The van der Waals surface area contributed by atoms with Gasteiger partial charge in [0.2, 0.25) is 10.0 Å². The minimum Gasteiger partial charge on any atom is -0.486 e. The van der Waals surface area contributed by atoms with Crippen LogP contribution in [0.1, 0.15) is 5.82 Å². The van der Waals surface area contributed by atoms with E-state index in [1.54, 1.807) is 6.07 Å². The number of nitrogens with zero attached hydrogens (tertiary/aromatic N) is 4. The highest BCUT2D eigenvalue weighted by molar-refractivity contribution is 7.89. The van der Waals surface area contributed by atoms with Crippen molar-refractivity contribution in [1.82, 2.24) is 24.9 Å². The first-order chi connectivity index (χ1) is 13.0. The van der Waals surface area contributed by atoms with Gasteiger partial charge >= 0.3 is 0 Å². The lowest BCUT2D eigenvalue weighted by molar-refractivity contribution is 0.171. The maximum absolute atomic E-state index is 13.1. The van der Waals surface area contributed by atoms with Crippen LogP contribution in [0.25, 0.3) is 5.69 Å². The number of halogens is 1. The molecule has 0 saturated carbocycles. The fourth-order valence-corrected chi connectivity index (χ4v) is 3.53. The molecule has 27 heavy (non-hydrogen) atoms. The van der Waals surface area contributed by atoms with E-state index in [4.69, 9.17) is 9.47 Å². The Morgan fingerprint density at radius 2 is 1.81 bits per heavy atom. The zero-order valence-electron chi connectivity index (χ0n) is 13.9. The molecule has 11 heteroatoms. The van der Waals surface area contributed by atoms with Crippen LogP contribution < -0.4 is 14.2 Å². The molecule has 0 atom stereocenters. The quantitative estimate of drug-likeness (QED) is 0.692. The van der Waals surface area contributed by atoms with Crippen LogP contribution in [-0.2, 0) is 16.6 Å². The average molecular weight is 391 g/mol. The molecule has 0 amide bonds. The molecule has 0 unspecified atom stereocenters. The Morgan fingerprint density at radius 1 is 1.07 bits per heavy atom. The Kier molecular flexibility index (Phi) is 4.46. The Hall–Kier alpha value is -3.05. The third-order valence-corrected chi connectivity index (χ3v) is 5.25. The number of benzene rings is 2. The van der Waals surface area contributed by atoms with Gasteiger partial charge in [-0.25, -0.2) is 17.5 Å². The number of hydrogen-bond donors (Lipinski definition) is 1. The van der Waals surface area contributed by atoms with Crippen LogP contribution in [0, 0.1) is 5.82 Å². The number of hydrogen-bond acceptors (Lipinski definition) is 7. The van der Waals surface area contributed by atoms with E-state index in [1.807, 2.05) is 0 Å². The molecule has 0 fully saturated rings. The molecule has 0 bridgehead atoms. The molecule has 1 aliphatic rings. The van der Waals surface area contributed by atoms with E-state index >= 15 is 0 Å². The summed E-state index contributed by atoms with van der Waals surface area (Å²) in [4.78, 5) is 0.0348. The second kappa shape index (κ2) is 6.93. The summed E-state index contributed by atoms with van der Waals surface area (Å²) in [7, 11) is -3.83. The van der Waals surface area contributed by atoms with Crippen molar-refractivity contribution in [3.63, 3.8) is 0 Å². The molecule has 0 spiro atoms. The van der Waals surface area contributed by atoms with Crippen LogP contribution in [0.5, 0.6) is 11.5 Å². The first kappa shape index (κ1) is 17.4. The van der Waals surface area contributed by atoms with Gasteiger partial charge in [-0.1, -0.05) is 0 Å². The van der Waals surface area contributed by atoms with E-state index in [2.05, 4.69) is 20.2 Å². The lowest BCUT2D eigenvalue weighted by Gasteiger charge is -2.18. The van der Waals surface area contributed by atoms with Gasteiger partial charge in [-0.05, 0) is 46.8 Å². The number of sulfonamides is 1. The van der Waals surface area contributed by atoms with E-state index < -0.39 is 15.8 Å². The van der Waals surface area contributed by atoms with Crippen LogP contribution in [0.3, 0.4) is 0 Å². The van der Waals surface area contributed by atoms with Gasteiger partial charge in [-0.2, -0.15) is 4.68 Å². The highest BCUT2D eigenvalue weighted by atomic mass is 32.2. The highest BCUT2D eigenvalue weighted by Gasteiger charge is 2.20. The lowest BCUT2D eigenvalue weighted by atomic mass is 10.3. The standard InChI is InChI=1S/C16H14FN5O4S/c17-11-1-3-12(4-2-11)22-16(19-20-21-22)10-18-27(23,24)13-5-6-14-15(9-13)26-8-7-25-14/h1-6,9,18H,7-8,10H2. The molecule has 1 aliphatic heterocycles. The van der Waals surface area contributed by atoms with E-state index in [0.717, 1.165) is 0 Å². The number of tetrazole rings is 1. The largest absolute Gasteiger partial charge is 0.486 e. The van der Waals surface area contributed by atoms with E-state index in [-0.39, 0.29) is 17.3 Å². The molecule has 3 aromatic rings. The van der Waals surface area contributed by atoms with Crippen molar-refractivity contribution in [2.75, 3.05) is 13.2 Å². The van der Waals surface area contributed by atoms with Crippen molar-refractivity contribution in [3.05, 3.63) is 54.1 Å². The molecule has 0 saturated heterocycles. The minimum atomic E-state index is -3.83. The number of fused-ring (bicyclic) bond motifs is 1. The predicted octanol–water partition coefficient (Wildman–Crippen LogP) is 1.05. The lowest BCUT2D eigenvalue weighted by Crippen LogP contribution is -2.25. The molecule has 140 valence electrons. The Bertz CT molecular complexity index is 1070. The molecule has 1 N–H and O–H groups in total. The molecule has 9 nitrogen and oxygen atoms in total. The van der Waals surface area contributed by atoms with Crippen LogP contribution in [0.4, 0.5) is 4.39 Å². The number of nitrogens with one attached hydrogen (secondary N) is 1. The molecule has 0 aliphatic carbocycles. The third kappa shape index (κ3) is 3.59. The zero-order chi connectivity index (χ0) is 18.9. The van der Waals surface area contributed by atoms with Crippen LogP contribution in [0.2, 0.25) is 0 Å². The summed E-state index contributed by atoms with van der Waals surface area (Å²) in [5.74, 6) is 0.733. The van der Waals surface area contributed by atoms with Gasteiger partial charge in [0, 0.05) is 6.07 Å². The van der Waals surface area contributed by atoms with Crippen molar-refractivity contribution >= 4 is 10.0 Å². The smallest absolute Gasteiger partial charge is 0.241 e. The SMILES string of the molecule is O=S(=O)(NCc1nnnn1-c1ccc(F)cc1)c1ccc2c(c1)OCCO2. The zero-order valence-corrected chi connectivity index (χ0v) is 14.7. The fourth-order valence-electron chi connectivity index (χ4n) is 2.53. The molecule has 1 aromatic heterocycles. The third-order valence-electron chi connectivity index (χ3n) is 3.85. The Morgan fingerprint density at radius 3 is 2.59 bits per heavy atom. The van der Waals surface area contributed by atoms with Crippen molar-refractivity contribution < 1.29 is 22.3 Å². The van der Waals surface area contributed by atoms with Gasteiger partial charge in [-0.3, -0.25) is 0 Å². The second-order valence-corrected chi connectivity index (χ2v) is 7.38. The first-order valence-corrected chi connectivity index (χ1v) is 9.44. The van der Waals surface area contributed by atoms with Crippen molar-refractivity contribution in [2.24, 2.45) is 0 Å². The summed E-state index contributed by atoms with van der Waals surface area (Å²) < 4.78 is 52.8. The van der Waals surface area contributed by atoms with Gasteiger partial charge in [-0.15, -0.1) is 5.10 Å². The van der Waals surface area contributed by atoms with Crippen LogP contribution >= 0.6 is 0 Å². The van der Waals surface area contributed by atoms with Crippen LogP contribution in [0.15, 0.2) is 47.4 Å². The first-order valence-electron chi connectivity index (χ1n) is 7.95. The van der Waals surface area contributed by atoms with Crippen LogP contribution in [-0.4, -0.2) is 41.8 Å². The van der Waals surface area contributed by atoms with E-state index in [0.29, 0.717) is 30.4 Å². The van der Waals surface area contributed by atoms with Gasteiger partial charge in [0.05, 0.1) is 17.1 Å². The average Bonchev–Trinajstić information content (AvgIpc) is 3.15. The van der Waals surface area contributed by atoms with Gasteiger partial charge in [0.25, 0.3) is 0 Å². The monoisotopic (exact) mass is 391 g/mol. The molecule has 4 rings (SSSR count). The maximum atomic E-state index is 13.1. The summed E-state index contributed by atoms with van der Waals surface area (Å²) in [6, 6.07) is 9.89. The molecular weight excluding hydrogens is 377 g/mol. The molecular formula is C16H14FN5O4S. The normalized spacial score (nSPS) is 13.5. The van der Waals surface area contributed by atoms with Gasteiger partial charge in [0.15, 0.2) is 17.3 Å². The van der Waals surface area contributed by atoms with Gasteiger partial charge in [0.1, 0.15) is 19.0 Å². The number of rotatable bonds is 5. The number of aromatic nitrogens is 4. The molecule has 0 radical (unpaired) electrons. The van der Waals surface area contributed by atoms with Crippen molar-refractivity contribution in [1.29, 1.82) is 0 Å². The molecule has 2 aromatic carbocycles. The maximum Gasteiger partial charge on any atom is 0.241 e. The highest BCUT2D eigenvalue weighted by Crippen LogP contribution is 2.32. The summed E-state index contributed by atoms with van der Waals surface area (Å²) in [6.07, 6.45) is 0. The van der Waals surface area contributed by atoms with Crippen molar-refractivity contribution in [3.8, 4) is 17.2 Å². The molecule has 2 heterocycles. The summed E-state index contributed by atoms with van der Waals surface area (Å²) >= 11 is 0. The summed E-state index contributed by atoms with van der Waals surface area (Å²) in [6.45, 7) is 0.626. The van der Waals surface area contributed by atoms with Gasteiger partial charge < -0.3 is 9.47 Å².